The molecule has 0 aromatic heterocycles. The maximum Gasteiger partial charge on any atom is 0.310 e. The van der Waals surface area contributed by atoms with E-state index in [2.05, 4.69) is 5.32 Å². The number of hydrogen-bond donors (Lipinski definition) is 2. The summed E-state index contributed by atoms with van der Waals surface area (Å²) < 4.78 is 12.9. The molecule has 0 saturated carbocycles. The number of carbonyl (C=O) groups excluding carboxylic acids is 1. The Morgan fingerprint density at radius 1 is 1.35 bits per heavy atom. The molecule has 0 spiro atoms. The summed E-state index contributed by atoms with van der Waals surface area (Å²) in [4.78, 5) is 22.4. The molecule has 2 N–H and O–H groups in total. The number of benzene rings is 1. The van der Waals surface area contributed by atoms with Crippen molar-refractivity contribution < 1.29 is 19.1 Å². The SMILES string of the molecule is O=C(C=Cc1cccc(F)c1)NC1C=CC(C(=O)O)C1. The van der Waals surface area contributed by atoms with Crippen LogP contribution in [0.4, 0.5) is 4.39 Å². The second-order valence-electron chi connectivity index (χ2n) is 4.57. The number of halogens is 1. The van der Waals surface area contributed by atoms with Crippen LogP contribution in [-0.4, -0.2) is 23.0 Å². The minimum atomic E-state index is -0.895. The highest BCUT2D eigenvalue weighted by Gasteiger charge is 2.24. The van der Waals surface area contributed by atoms with Crippen LogP contribution in [0.2, 0.25) is 0 Å². The summed E-state index contributed by atoms with van der Waals surface area (Å²) in [5.41, 5.74) is 0.588. The van der Waals surface area contributed by atoms with E-state index in [1.165, 1.54) is 24.3 Å². The Hall–Kier alpha value is -2.43. The zero-order valence-corrected chi connectivity index (χ0v) is 10.6. The van der Waals surface area contributed by atoms with E-state index in [9.17, 15) is 14.0 Å². The maximum atomic E-state index is 12.9. The minimum absolute atomic E-state index is 0.277. The molecule has 0 fully saturated rings. The Balaban J connectivity index is 1.88. The van der Waals surface area contributed by atoms with E-state index in [4.69, 9.17) is 5.11 Å². The fraction of sp³-hybridized carbons (Fsp3) is 0.200. The molecule has 1 amide bonds. The standard InChI is InChI=1S/C15H14FNO3/c16-12-3-1-2-10(8-12)4-7-14(18)17-13-6-5-11(9-13)15(19)20/h1-8,11,13H,9H2,(H,17,18)(H,19,20). The van der Waals surface area contributed by atoms with Gasteiger partial charge in [-0.3, -0.25) is 9.59 Å². The average Bonchev–Trinajstić information content (AvgIpc) is 2.85. The lowest BCUT2D eigenvalue weighted by Gasteiger charge is -2.10. The van der Waals surface area contributed by atoms with Crippen LogP contribution in [0.25, 0.3) is 6.08 Å². The van der Waals surface area contributed by atoms with Gasteiger partial charge in [0, 0.05) is 12.1 Å². The van der Waals surface area contributed by atoms with Gasteiger partial charge in [0.25, 0.3) is 0 Å². The van der Waals surface area contributed by atoms with Gasteiger partial charge in [-0.05, 0) is 30.2 Å². The molecule has 20 heavy (non-hydrogen) atoms. The monoisotopic (exact) mass is 275 g/mol. The predicted octanol–water partition coefficient (Wildman–Crippen LogP) is 1.98. The molecule has 2 unspecified atom stereocenters. The topological polar surface area (TPSA) is 66.4 Å². The number of carboxylic acids is 1. The number of amides is 1. The van der Waals surface area contributed by atoms with Crippen molar-refractivity contribution >= 4 is 18.0 Å². The highest BCUT2D eigenvalue weighted by Crippen LogP contribution is 2.17. The normalized spacial score (nSPS) is 21.2. The molecule has 0 heterocycles. The van der Waals surface area contributed by atoms with E-state index in [1.807, 2.05) is 0 Å². The van der Waals surface area contributed by atoms with Crippen molar-refractivity contribution in [1.29, 1.82) is 0 Å². The zero-order chi connectivity index (χ0) is 14.5. The van der Waals surface area contributed by atoms with Crippen molar-refractivity contribution in [2.24, 2.45) is 5.92 Å². The third-order valence-corrected chi connectivity index (χ3v) is 3.00. The van der Waals surface area contributed by atoms with Crippen LogP contribution >= 0.6 is 0 Å². The lowest BCUT2D eigenvalue weighted by Crippen LogP contribution is -2.31. The largest absolute Gasteiger partial charge is 0.481 e. The van der Waals surface area contributed by atoms with Gasteiger partial charge in [0.15, 0.2) is 0 Å². The van der Waals surface area contributed by atoms with E-state index >= 15 is 0 Å². The quantitative estimate of drug-likeness (QED) is 0.652. The van der Waals surface area contributed by atoms with Gasteiger partial charge in [-0.15, -0.1) is 0 Å². The third kappa shape index (κ3) is 3.78. The van der Waals surface area contributed by atoms with Crippen LogP contribution in [0.1, 0.15) is 12.0 Å². The Labute approximate surface area is 115 Å². The fourth-order valence-corrected chi connectivity index (χ4v) is 2.00. The molecule has 1 aliphatic carbocycles. The smallest absolute Gasteiger partial charge is 0.310 e. The van der Waals surface area contributed by atoms with Gasteiger partial charge < -0.3 is 10.4 Å². The predicted molar refractivity (Wildman–Crippen MR) is 72.2 cm³/mol. The lowest BCUT2D eigenvalue weighted by molar-refractivity contribution is -0.140. The summed E-state index contributed by atoms with van der Waals surface area (Å²) >= 11 is 0. The Kier molecular flexibility index (Phi) is 4.30. The molecular formula is C15H14FNO3. The van der Waals surface area contributed by atoms with Crippen molar-refractivity contribution in [2.45, 2.75) is 12.5 Å². The summed E-state index contributed by atoms with van der Waals surface area (Å²) in [5.74, 6) is -2.15. The van der Waals surface area contributed by atoms with Crippen LogP contribution in [0.15, 0.2) is 42.5 Å². The summed E-state index contributed by atoms with van der Waals surface area (Å²) in [7, 11) is 0. The van der Waals surface area contributed by atoms with E-state index in [0.29, 0.717) is 12.0 Å². The highest BCUT2D eigenvalue weighted by molar-refractivity contribution is 5.92. The summed E-state index contributed by atoms with van der Waals surface area (Å²) in [6.07, 6.45) is 6.41. The Morgan fingerprint density at radius 2 is 2.15 bits per heavy atom. The second kappa shape index (κ2) is 6.14. The van der Waals surface area contributed by atoms with Crippen LogP contribution < -0.4 is 5.32 Å². The molecule has 0 bridgehead atoms. The van der Waals surface area contributed by atoms with Gasteiger partial charge in [0.2, 0.25) is 5.91 Å². The second-order valence-corrected chi connectivity index (χ2v) is 4.57. The van der Waals surface area contributed by atoms with Gasteiger partial charge in [0.05, 0.1) is 5.92 Å². The first-order valence-corrected chi connectivity index (χ1v) is 6.20. The Bertz CT molecular complexity index is 580. The molecule has 0 radical (unpaired) electrons. The summed E-state index contributed by atoms with van der Waals surface area (Å²) in [6, 6.07) is 5.61. The minimum Gasteiger partial charge on any atom is -0.481 e. The highest BCUT2D eigenvalue weighted by atomic mass is 19.1. The van der Waals surface area contributed by atoms with Gasteiger partial charge >= 0.3 is 5.97 Å². The summed E-state index contributed by atoms with van der Waals surface area (Å²) in [5, 5.41) is 11.5. The lowest BCUT2D eigenvalue weighted by atomic mass is 10.1. The van der Waals surface area contributed by atoms with Crippen LogP contribution in [0.5, 0.6) is 0 Å². The van der Waals surface area contributed by atoms with Crippen molar-refractivity contribution in [3.63, 3.8) is 0 Å². The van der Waals surface area contributed by atoms with E-state index in [0.717, 1.165) is 0 Å². The molecule has 0 aliphatic heterocycles. The molecule has 2 atom stereocenters. The molecule has 1 aromatic rings. The van der Waals surface area contributed by atoms with Crippen molar-refractivity contribution in [3.05, 3.63) is 53.9 Å². The molecule has 104 valence electrons. The van der Waals surface area contributed by atoms with Gasteiger partial charge in [-0.25, -0.2) is 4.39 Å². The fourth-order valence-electron chi connectivity index (χ4n) is 2.00. The third-order valence-electron chi connectivity index (χ3n) is 3.00. The first kappa shape index (κ1) is 14.0. The number of nitrogens with one attached hydrogen (secondary N) is 1. The number of hydrogen-bond acceptors (Lipinski definition) is 2. The van der Waals surface area contributed by atoms with Crippen LogP contribution in [0, 0.1) is 11.7 Å². The molecule has 2 rings (SSSR count). The van der Waals surface area contributed by atoms with E-state index in [1.54, 1.807) is 24.3 Å². The van der Waals surface area contributed by atoms with Crippen molar-refractivity contribution in [3.8, 4) is 0 Å². The molecule has 1 aromatic carbocycles. The zero-order valence-electron chi connectivity index (χ0n) is 10.6. The average molecular weight is 275 g/mol. The van der Waals surface area contributed by atoms with E-state index in [-0.39, 0.29) is 17.8 Å². The van der Waals surface area contributed by atoms with Gasteiger partial charge in [0.1, 0.15) is 5.82 Å². The van der Waals surface area contributed by atoms with E-state index < -0.39 is 11.9 Å². The van der Waals surface area contributed by atoms with Crippen LogP contribution in [-0.2, 0) is 9.59 Å². The summed E-state index contributed by atoms with van der Waals surface area (Å²) in [6.45, 7) is 0. The first-order chi connectivity index (χ1) is 9.54. The molecular weight excluding hydrogens is 261 g/mol. The van der Waals surface area contributed by atoms with Crippen molar-refractivity contribution in [1.82, 2.24) is 5.32 Å². The molecule has 5 heteroatoms. The molecule has 1 aliphatic rings. The van der Waals surface area contributed by atoms with Crippen molar-refractivity contribution in [2.75, 3.05) is 0 Å². The van der Waals surface area contributed by atoms with Gasteiger partial charge in [-0.2, -0.15) is 0 Å². The number of rotatable bonds is 4. The van der Waals surface area contributed by atoms with Crippen LogP contribution in [0.3, 0.4) is 0 Å². The number of carboxylic acid groups (broad SMARTS) is 1. The first-order valence-electron chi connectivity index (χ1n) is 6.20. The number of aliphatic carboxylic acids is 1. The maximum absolute atomic E-state index is 12.9. The Morgan fingerprint density at radius 3 is 2.80 bits per heavy atom. The molecule has 4 nitrogen and oxygen atoms in total. The van der Waals surface area contributed by atoms with Gasteiger partial charge in [-0.1, -0.05) is 24.3 Å². The number of carbonyl (C=O) groups is 2. The molecule has 0 saturated heterocycles.